The first-order valence-electron chi connectivity index (χ1n) is 13.3. The maximum Gasteiger partial charge on any atom is 0.308 e. The lowest BCUT2D eigenvalue weighted by Gasteiger charge is -2.19. The maximum atomic E-state index is 12.7. The zero-order valence-corrected chi connectivity index (χ0v) is 22.4. The largest absolute Gasteiger partial charge is 0.447 e. The molecule has 0 bridgehead atoms. The number of nitrogens with zero attached hydrogens (tertiary/aromatic N) is 2. The van der Waals surface area contributed by atoms with E-state index < -0.39 is 6.23 Å². The van der Waals surface area contributed by atoms with Gasteiger partial charge in [-0.25, -0.2) is 0 Å². The van der Waals surface area contributed by atoms with Crippen LogP contribution in [0, 0.1) is 5.92 Å². The van der Waals surface area contributed by atoms with Crippen molar-refractivity contribution in [2.75, 3.05) is 47.8 Å². The van der Waals surface area contributed by atoms with E-state index in [1.165, 1.54) is 51.4 Å². The molecule has 2 unspecified atom stereocenters. The molecule has 7 heteroatoms. The van der Waals surface area contributed by atoms with Gasteiger partial charge in [0.1, 0.15) is 0 Å². The SMILES string of the molecule is CCCCCCCCCCCCC(CC(=O)OC(N)CCN(C)C)C(=O)NCCCN(C)C. The Hall–Kier alpha value is -1.18. The molecule has 0 heterocycles. The van der Waals surface area contributed by atoms with Crippen LogP contribution in [-0.4, -0.2) is 75.7 Å². The van der Waals surface area contributed by atoms with Crippen molar-refractivity contribution in [3.05, 3.63) is 0 Å². The van der Waals surface area contributed by atoms with E-state index >= 15 is 0 Å². The highest BCUT2D eigenvalue weighted by Gasteiger charge is 2.23. The first kappa shape index (κ1) is 31.8. The second-order valence-electron chi connectivity index (χ2n) is 9.94. The highest BCUT2D eigenvalue weighted by atomic mass is 16.6. The second kappa shape index (κ2) is 21.4. The third-order valence-electron chi connectivity index (χ3n) is 5.91. The third-order valence-corrected chi connectivity index (χ3v) is 5.91. The molecule has 2 atom stereocenters. The van der Waals surface area contributed by atoms with Gasteiger partial charge in [0.2, 0.25) is 5.91 Å². The summed E-state index contributed by atoms with van der Waals surface area (Å²) in [5, 5.41) is 3.01. The van der Waals surface area contributed by atoms with E-state index in [9.17, 15) is 9.59 Å². The number of unbranched alkanes of at least 4 members (excludes halogenated alkanes) is 9. The van der Waals surface area contributed by atoms with E-state index in [-0.39, 0.29) is 24.2 Å². The van der Waals surface area contributed by atoms with Gasteiger partial charge >= 0.3 is 5.97 Å². The van der Waals surface area contributed by atoms with E-state index in [0.29, 0.717) is 13.0 Å². The number of carbonyl (C=O) groups excluding carboxylic acids is 2. The Labute approximate surface area is 204 Å². The highest BCUT2D eigenvalue weighted by molar-refractivity contribution is 5.83. The van der Waals surface area contributed by atoms with Crippen LogP contribution < -0.4 is 11.1 Å². The number of nitrogens with one attached hydrogen (secondary N) is 1. The Kier molecular flexibility index (Phi) is 20.6. The number of esters is 1. The summed E-state index contributed by atoms with van der Waals surface area (Å²) in [5.74, 6) is -0.753. The van der Waals surface area contributed by atoms with Crippen LogP contribution >= 0.6 is 0 Å². The molecular formula is C26H54N4O3. The first-order chi connectivity index (χ1) is 15.8. The van der Waals surface area contributed by atoms with Crippen molar-refractivity contribution in [2.45, 2.75) is 103 Å². The van der Waals surface area contributed by atoms with Crippen LogP contribution in [0.25, 0.3) is 0 Å². The Morgan fingerprint density at radius 3 is 1.88 bits per heavy atom. The molecule has 0 spiro atoms. The fraction of sp³-hybridized carbons (Fsp3) is 0.923. The number of hydrogen-bond acceptors (Lipinski definition) is 6. The smallest absolute Gasteiger partial charge is 0.308 e. The van der Waals surface area contributed by atoms with Crippen molar-refractivity contribution in [2.24, 2.45) is 11.7 Å². The van der Waals surface area contributed by atoms with E-state index in [4.69, 9.17) is 10.5 Å². The summed E-state index contributed by atoms with van der Waals surface area (Å²) in [6.07, 6.45) is 14.2. The van der Waals surface area contributed by atoms with Gasteiger partial charge in [-0.2, -0.15) is 0 Å². The summed E-state index contributed by atoms with van der Waals surface area (Å²) in [4.78, 5) is 29.3. The summed E-state index contributed by atoms with van der Waals surface area (Å²) in [6, 6.07) is 0. The normalized spacial score (nSPS) is 13.3. The molecular weight excluding hydrogens is 416 g/mol. The second-order valence-corrected chi connectivity index (χ2v) is 9.94. The predicted molar refractivity (Wildman–Crippen MR) is 138 cm³/mol. The predicted octanol–water partition coefficient (Wildman–Crippen LogP) is 4.15. The molecule has 0 fully saturated rings. The molecule has 0 saturated heterocycles. The minimum Gasteiger partial charge on any atom is -0.447 e. The molecule has 0 rings (SSSR count). The molecule has 1 amide bonds. The van der Waals surface area contributed by atoms with Gasteiger partial charge in [0.25, 0.3) is 0 Å². The van der Waals surface area contributed by atoms with E-state index in [1.807, 2.05) is 33.1 Å². The Bertz CT molecular complexity index is 486. The van der Waals surface area contributed by atoms with Gasteiger partial charge in [-0.1, -0.05) is 71.1 Å². The van der Waals surface area contributed by atoms with E-state index in [2.05, 4.69) is 17.1 Å². The topological polar surface area (TPSA) is 87.9 Å². The van der Waals surface area contributed by atoms with Gasteiger partial charge in [-0.3, -0.25) is 15.3 Å². The van der Waals surface area contributed by atoms with Crippen LogP contribution in [0.1, 0.15) is 96.8 Å². The number of nitrogens with two attached hydrogens (primary N) is 1. The quantitative estimate of drug-likeness (QED) is 0.140. The molecule has 0 aromatic rings. The van der Waals surface area contributed by atoms with Gasteiger partial charge in [0.05, 0.1) is 6.42 Å². The van der Waals surface area contributed by atoms with Crippen molar-refractivity contribution in [1.82, 2.24) is 15.1 Å². The molecule has 0 aliphatic heterocycles. The lowest BCUT2D eigenvalue weighted by Crippen LogP contribution is -2.36. The summed E-state index contributed by atoms with van der Waals surface area (Å²) in [7, 11) is 7.95. The maximum absolute atomic E-state index is 12.7. The molecule has 0 aliphatic rings. The van der Waals surface area contributed by atoms with Crippen molar-refractivity contribution in [3.63, 3.8) is 0 Å². The Morgan fingerprint density at radius 1 is 0.788 bits per heavy atom. The first-order valence-corrected chi connectivity index (χ1v) is 13.3. The molecule has 196 valence electrons. The number of carbonyl (C=O) groups is 2. The van der Waals surface area contributed by atoms with E-state index in [0.717, 1.165) is 38.8 Å². The van der Waals surface area contributed by atoms with Crippen LogP contribution in [-0.2, 0) is 14.3 Å². The molecule has 0 saturated carbocycles. The minimum absolute atomic E-state index is 0.0384. The van der Waals surface area contributed by atoms with Crippen molar-refractivity contribution in [3.8, 4) is 0 Å². The third kappa shape index (κ3) is 21.1. The summed E-state index contributed by atoms with van der Waals surface area (Å²) >= 11 is 0. The molecule has 0 aromatic heterocycles. The number of hydrogen-bond donors (Lipinski definition) is 2. The van der Waals surface area contributed by atoms with E-state index in [1.54, 1.807) is 0 Å². The molecule has 0 radical (unpaired) electrons. The number of amides is 1. The van der Waals surface area contributed by atoms with Gasteiger partial charge in [0.15, 0.2) is 6.23 Å². The monoisotopic (exact) mass is 470 g/mol. The molecule has 0 aromatic carbocycles. The lowest BCUT2D eigenvalue weighted by atomic mass is 9.96. The fourth-order valence-corrected chi connectivity index (χ4v) is 3.82. The number of ether oxygens (including phenoxy) is 1. The average Bonchev–Trinajstić information content (AvgIpc) is 2.75. The van der Waals surface area contributed by atoms with Crippen molar-refractivity contribution in [1.29, 1.82) is 0 Å². The average molecular weight is 471 g/mol. The summed E-state index contributed by atoms with van der Waals surface area (Å²) < 4.78 is 5.36. The fourth-order valence-electron chi connectivity index (χ4n) is 3.82. The van der Waals surface area contributed by atoms with Crippen LogP contribution in [0.3, 0.4) is 0 Å². The van der Waals surface area contributed by atoms with Crippen molar-refractivity contribution < 1.29 is 14.3 Å². The minimum atomic E-state index is -0.624. The molecule has 3 N–H and O–H groups in total. The Balaban J connectivity index is 4.36. The summed E-state index contributed by atoms with van der Waals surface area (Å²) in [5.41, 5.74) is 5.93. The van der Waals surface area contributed by atoms with Crippen LogP contribution in [0.15, 0.2) is 0 Å². The summed E-state index contributed by atoms with van der Waals surface area (Å²) in [6.45, 7) is 4.55. The van der Waals surface area contributed by atoms with Crippen LogP contribution in [0.5, 0.6) is 0 Å². The molecule has 33 heavy (non-hydrogen) atoms. The highest BCUT2D eigenvalue weighted by Crippen LogP contribution is 2.18. The van der Waals surface area contributed by atoms with Gasteiger partial charge in [0, 0.05) is 25.4 Å². The number of rotatable bonds is 22. The molecule has 7 nitrogen and oxygen atoms in total. The van der Waals surface area contributed by atoms with Gasteiger partial charge in [-0.05, 0) is 47.6 Å². The standard InChI is InChI=1S/C26H54N4O3/c1-6-7-8-9-10-11-12-13-14-15-17-23(26(32)28-19-16-20-29(2)3)22-25(31)33-24(27)18-21-30(4)5/h23-24H,6-22,27H2,1-5H3,(H,28,32). The van der Waals surface area contributed by atoms with Gasteiger partial charge in [-0.15, -0.1) is 0 Å². The molecule has 0 aliphatic carbocycles. The zero-order valence-electron chi connectivity index (χ0n) is 22.4. The van der Waals surface area contributed by atoms with Crippen molar-refractivity contribution >= 4 is 11.9 Å². The Morgan fingerprint density at radius 2 is 1.33 bits per heavy atom. The van der Waals surface area contributed by atoms with Gasteiger partial charge < -0.3 is 19.9 Å². The zero-order chi connectivity index (χ0) is 24.9. The lowest BCUT2D eigenvalue weighted by molar-refractivity contribution is -0.152. The van der Waals surface area contributed by atoms with Crippen LogP contribution in [0.2, 0.25) is 0 Å². The van der Waals surface area contributed by atoms with Crippen LogP contribution in [0.4, 0.5) is 0 Å².